The molecule has 4 nitrogen and oxygen atoms in total. The number of halogens is 2. The molecule has 16 heavy (non-hydrogen) atoms. The number of phenols is 1. The number of phenolic OH excluding ortho intramolecular Hbond substituents is 1. The van der Waals surface area contributed by atoms with Crippen molar-refractivity contribution >= 4 is 51.4 Å². The molecule has 1 N–H and O–H groups in total. The highest BCUT2D eigenvalue weighted by atomic mass is 127. The van der Waals surface area contributed by atoms with Crippen LogP contribution in [0.1, 0.15) is 5.69 Å². The summed E-state index contributed by atoms with van der Waals surface area (Å²) >= 11 is 8.01. The topological polar surface area (TPSA) is 58.4 Å². The van der Waals surface area contributed by atoms with E-state index in [0.29, 0.717) is 25.3 Å². The van der Waals surface area contributed by atoms with Crippen LogP contribution in [0.3, 0.4) is 0 Å². The molecule has 0 unspecified atom stereocenters. The second kappa shape index (κ2) is 4.50. The van der Waals surface area contributed by atoms with Crippen LogP contribution in [0.4, 0.5) is 0 Å². The lowest BCUT2D eigenvalue weighted by Gasteiger charge is -2.04. The molecular weight excluding hydrogens is 340 g/mol. The first-order chi connectivity index (χ1) is 7.63. The predicted octanol–water partition coefficient (Wildman–Crippen LogP) is 2.64. The monoisotopic (exact) mass is 347 g/mol. The minimum atomic E-state index is 0.0962. The average Bonchev–Trinajstić information content (AvgIpc) is 2.26. The Morgan fingerprint density at radius 1 is 1.50 bits per heavy atom. The van der Waals surface area contributed by atoms with E-state index in [0.717, 1.165) is 0 Å². The van der Waals surface area contributed by atoms with Gasteiger partial charge in [-0.3, -0.25) is 9.98 Å². The highest BCUT2D eigenvalue weighted by molar-refractivity contribution is 14.1. The summed E-state index contributed by atoms with van der Waals surface area (Å²) in [5.74, 6) is 0.0962. The van der Waals surface area contributed by atoms with Crippen LogP contribution in [-0.2, 0) is 0 Å². The fourth-order valence-electron chi connectivity index (χ4n) is 1.30. The smallest absolute Gasteiger partial charge is 0.156 e. The number of rotatable bonds is 1. The van der Waals surface area contributed by atoms with E-state index in [1.165, 1.54) is 0 Å². The van der Waals surface area contributed by atoms with Gasteiger partial charge in [0.05, 0.1) is 20.5 Å². The molecule has 0 aliphatic rings. The number of hydrogen-bond acceptors (Lipinski definition) is 4. The van der Waals surface area contributed by atoms with Crippen molar-refractivity contribution < 1.29 is 5.11 Å². The molecule has 1 aromatic carbocycles. The number of aromatic hydroxyl groups is 1. The average molecular weight is 348 g/mol. The second-order valence-electron chi connectivity index (χ2n) is 3.07. The van der Waals surface area contributed by atoms with Crippen LogP contribution in [0.2, 0.25) is 5.02 Å². The molecule has 2 aromatic rings. The standard InChI is InChI=1S/C10H7ClIN3O/c1-13-3-5-4-14-8-6(11)2-7(12)10(16)9(8)15-5/h2-4,16H,1H3/b13-3+. The summed E-state index contributed by atoms with van der Waals surface area (Å²) in [6.45, 7) is 0. The molecule has 0 saturated heterocycles. The molecule has 0 spiro atoms. The van der Waals surface area contributed by atoms with Gasteiger partial charge in [-0.25, -0.2) is 4.98 Å². The number of benzene rings is 1. The molecule has 0 radical (unpaired) electrons. The van der Waals surface area contributed by atoms with Gasteiger partial charge in [0.15, 0.2) is 5.75 Å². The Labute approximate surface area is 111 Å². The zero-order chi connectivity index (χ0) is 11.7. The van der Waals surface area contributed by atoms with Gasteiger partial charge in [-0.2, -0.15) is 0 Å². The predicted molar refractivity (Wildman–Crippen MR) is 72.4 cm³/mol. The van der Waals surface area contributed by atoms with Gasteiger partial charge in [0.1, 0.15) is 11.0 Å². The zero-order valence-corrected chi connectivity index (χ0v) is 11.2. The van der Waals surface area contributed by atoms with E-state index in [1.807, 2.05) is 22.6 Å². The highest BCUT2D eigenvalue weighted by Crippen LogP contribution is 2.32. The molecular formula is C10H7ClIN3O. The lowest BCUT2D eigenvalue weighted by atomic mass is 10.2. The van der Waals surface area contributed by atoms with Gasteiger partial charge in [0.25, 0.3) is 0 Å². The first kappa shape index (κ1) is 11.5. The van der Waals surface area contributed by atoms with Crippen molar-refractivity contribution in [3.63, 3.8) is 0 Å². The molecule has 1 aromatic heterocycles. The molecule has 0 saturated carbocycles. The number of fused-ring (bicyclic) bond motifs is 1. The summed E-state index contributed by atoms with van der Waals surface area (Å²) in [6.07, 6.45) is 3.13. The van der Waals surface area contributed by atoms with Crippen molar-refractivity contribution in [2.45, 2.75) is 0 Å². The van der Waals surface area contributed by atoms with Gasteiger partial charge >= 0.3 is 0 Å². The largest absolute Gasteiger partial charge is 0.505 e. The van der Waals surface area contributed by atoms with Crippen LogP contribution >= 0.6 is 34.2 Å². The van der Waals surface area contributed by atoms with E-state index in [1.54, 1.807) is 25.5 Å². The maximum absolute atomic E-state index is 9.86. The third kappa shape index (κ3) is 1.97. The van der Waals surface area contributed by atoms with Gasteiger partial charge in [-0.15, -0.1) is 0 Å². The van der Waals surface area contributed by atoms with Crippen LogP contribution < -0.4 is 0 Å². The van der Waals surface area contributed by atoms with Crippen molar-refractivity contribution in [3.05, 3.63) is 26.5 Å². The minimum absolute atomic E-state index is 0.0962. The number of aliphatic imine (C=N–C) groups is 1. The van der Waals surface area contributed by atoms with Crippen molar-refractivity contribution in [1.29, 1.82) is 0 Å². The van der Waals surface area contributed by atoms with Crippen LogP contribution in [-0.4, -0.2) is 28.3 Å². The Morgan fingerprint density at radius 3 is 2.94 bits per heavy atom. The fourth-order valence-corrected chi connectivity index (χ4v) is 2.30. The summed E-state index contributed by atoms with van der Waals surface area (Å²) in [4.78, 5) is 12.2. The zero-order valence-electron chi connectivity index (χ0n) is 8.28. The molecule has 0 amide bonds. The molecule has 0 bridgehead atoms. The third-order valence-corrected chi connectivity index (χ3v) is 3.09. The quantitative estimate of drug-likeness (QED) is 0.637. The van der Waals surface area contributed by atoms with Crippen molar-refractivity contribution in [2.24, 2.45) is 4.99 Å². The van der Waals surface area contributed by atoms with Gasteiger partial charge in [-0.1, -0.05) is 11.6 Å². The Bertz CT molecular complexity index is 586. The van der Waals surface area contributed by atoms with Crippen molar-refractivity contribution in [3.8, 4) is 5.75 Å². The first-order valence-electron chi connectivity index (χ1n) is 4.39. The van der Waals surface area contributed by atoms with E-state index in [4.69, 9.17) is 11.6 Å². The fraction of sp³-hybridized carbons (Fsp3) is 0.100. The summed E-state index contributed by atoms with van der Waals surface area (Å²) < 4.78 is 0.648. The third-order valence-electron chi connectivity index (χ3n) is 1.98. The summed E-state index contributed by atoms with van der Waals surface area (Å²) in [5, 5.41) is 10.3. The van der Waals surface area contributed by atoms with E-state index in [2.05, 4.69) is 15.0 Å². The van der Waals surface area contributed by atoms with Crippen LogP contribution in [0.15, 0.2) is 17.3 Å². The van der Waals surface area contributed by atoms with E-state index < -0.39 is 0 Å². The Kier molecular flexibility index (Phi) is 3.25. The van der Waals surface area contributed by atoms with E-state index in [-0.39, 0.29) is 5.75 Å². The van der Waals surface area contributed by atoms with E-state index in [9.17, 15) is 5.11 Å². The molecule has 2 rings (SSSR count). The van der Waals surface area contributed by atoms with Crippen molar-refractivity contribution in [1.82, 2.24) is 9.97 Å². The lowest BCUT2D eigenvalue weighted by molar-refractivity contribution is 0.476. The summed E-state index contributed by atoms with van der Waals surface area (Å²) in [7, 11) is 1.65. The van der Waals surface area contributed by atoms with Crippen LogP contribution in [0.25, 0.3) is 11.0 Å². The van der Waals surface area contributed by atoms with Crippen molar-refractivity contribution in [2.75, 3.05) is 7.05 Å². The molecule has 82 valence electrons. The molecule has 0 aliphatic carbocycles. The number of hydrogen-bond donors (Lipinski definition) is 1. The minimum Gasteiger partial charge on any atom is -0.505 e. The molecule has 6 heteroatoms. The lowest BCUT2D eigenvalue weighted by Crippen LogP contribution is -1.93. The van der Waals surface area contributed by atoms with Gasteiger partial charge in [0, 0.05) is 13.3 Å². The summed E-state index contributed by atoms with van der Waals surface area (Å²) in [6, 6.07) is 1.65. The van der Waals surface area contributed by atoms with Crippen LogP contribution in [0, 0.1) is 3.57 Å². The molecule has 0 atom stereocenters. The van der Waals surface area contributed by atoms with Gasteiger partial charge < -0.3 is 5.11 Å². The van der Waals surface area contributed by atoms with Gasteiger partial charge in [-0.05, 0) is 28.7 Å². The Balaban J connectivity index is 2.81. The van der Waals surface area contributed by atoms with E-state index >= 15 is 0 Å². The second-order valence-corrected chi connectivity index (χ2v) is 4.64. The SMILES string of the molecule is C/N=C/c1cnc2c(Cl)cc(I)c(O)c2n1. The Morgan fingerprint density at radius 2 is 2.25 bits per heavy atom. The molecule has 1 heterocycles. The maximum Gasteiger partial charge on any atom is 0.156 e. The normalized spacial score (nSPS) is 11.4. The first-order valence-corrected chi connectivity index (χ1v) is 5.85. The van der Waals surface area contributed by atoms with Crippen LogP contribution in [0.5, 0.6) is 5.75 Å². The maximum atomic E-state index is 9.86. The number of nitrogens with zero attached hydrogens (tertiary/aromatic N) is 3. The van der Waals surface area contributed by atoms with Gasteiger partial charge in [0.2, 0.25) is 0 Å². The molecule has 0 fully saturated rings. The summed E-state index contributed by atoms with van der Waals surface area (Å²) in [5.41, 5.74) is 1.48. The number of aromatic nitrogens is 2. The Hall–Kier alpha value is -0.950. The molecule has 0 aliphatic heterocycles. The highest BCUT2D eigenvalue weighted by Gasteiger charge is 2.11.